The van der Waals surface area contributed by atoms with Crippen LogP contribution in [-0.2, 0) is 21.2 Å². The highest BCUT2D eigenvalue weighted by Gasteiger charge is 2.38. The summed E-state index contributed by atoms with van der Waals surface area (Å²) >= 11 is 0. The Morgan fingerprint density at radius 1 is 1.41 bits per heavy atom. The molecule has 1 aliphatic heterocycles. The first-order valence-electron chi connectivity index (χ1n) is 9.08. The molecule has 2 rings (SSSR count). The number of hydrogen-bond acceptors (Lipinski definition) is 5. The van der Waals surface area contributed by atoms with Crippen molar-refractivity contribution < 1.29 is 17.9 Å². The number of likely N-dealkylation sites (tertiary alicyclic amines) is 1. The molecule has 1 aromatic rings. The van der Waals surface area contributed by atoms with E-state index in [1.54, 1.807) is 11.8 Å². The predicted molar refractivity (Wildman–Crippen MR) is 102 cm³/mol. The molecule has 8 heteroatoms. The summed E-state index contributed by atoms with van der Waals surface area (Å²) in [5, 5.41) is 13.3. The fourth-order valence-electron chi connectivity index (χ4n) is 3.53. The minimum absolute atomic E-state index is 0.0245. The van der Waals surface area contributed by atoms with E-state index in [0.29, 0.717) is 44.7 Å². The van der Waals surface area contributed by atoms with Gasteiger partial charge in [-0.15, -0.1) is 0 Å². The van der Waals surface area contributed by atoms with E-state index in [4.69, 9.17) is 15.1 Å². The molecule has 1 aliphatic rings. The van der Waals surface area contributed by atoms with E-state index < -0.39 is 15.3 Å². The number of amides is 1. The average Bonchev–Trinajstić information content (AvgIpc) is 2.64. The summed E-state index contributed by atoms with van der Waals surface area (Å²) < 4.78 is 29.5. The Bertz CT molecular complexity index is 786. The molecule has 0 aliphatic carbocycles. The van der Waals surface area contributed by atoms with Gasteiger partial charge in [0, 0.05) is 32.4 Å². The van der Waals surface area contributed by atoms with Crippen LogP contribution in [0, 0.1) is 23.2 Å². The van der Waals surface area contributed by atoms with Crippen molar-refractivity contribution in [2.24, 2.45) is 17.0 Å². The van der Waals surface area contributed by atoms with Crippen LogP contribution in [0.15, 0.2) is 24.3 Å². The van der Waals surface area contributed by atoms with Crippen molar-refractivity contribution in [2.45, 2.75) is 38.4 Å². The number of piperidine rings is 1. The van der Waals surface area contributed by atoms with Gasteiger partial charge in [-0.25, -0.2) is 13.6 Å². The standard InChI is InChI=1S/C19H27N3O4S/c1-14(27(21,24)25)19-9-11-22(15(2)23)12-17(19)13-26-18-7-5-16(6-8-18)4-3-10-20/h5-8,14,17,19H,3-4,9,11-13H2,1-2H3,(H2,21,24,25)/t14?,17-,19-/m0/s1. The zero-order valence-corrected chi connectivity index (χ0v) is 16.6. The van der Waals surface area contributed by atoms with Gasteiger partial charge >= 0.3 is 0 Å². The first kappa shape index (κ1) is 21.2. The van der Waals surface area contributed by atoms with Gasteiger partial charge in [-0.3, -0.25) is 4.79 Å². The van der Waals surface area contributed by atoms with Gasteiger partial charge in [0.15, 0.2) is 0 Å². The van der Waals surface area contributed by atoms with Crippen molar-refractivity contribution in [2.75, 3.05) is 19.7 Å². The molecule has 1 saturated heterocycles. The van der Waals surface area contributed by atoms with E-state index in [-0.39, 0.29) is 17.7 Å². The largest absolute Gasteiger partial charge is 0.493 e. The van der Waals surface area contributed by atoms with Crippen LogP contribution in [-0.4, -0.2) is 44.2 Å². The molecule has 0 bridgehead atoms. The minimum Gasteiger partial charge on any atom is -0.493 e. The molecule has 7 nitrogen and oxygen atoms in total. The van der Waals surface area contributed by atoms with Crippen molar-refractivity contribution >= 4 is 15.9 Å². The highest BCUT2D eigenvalue weighted by Crippen LogP contribution is 2.30. The Morgan fingerprint density at radius 2 is 2.07 bits per heavy atom. The van der Waals surface area contributed by atoms with Gasteiger partial charge in [0.25, 0.3) is 0 Å². The molecule has 2 N–H and O–H groups in total. The van der Waals surface area contributed by atoms with Gasteiger partial charge in [-0.05, 0) is 43.4 Å². The second-order valence-electron chi connectivity index (χ2n) is 7.08. The summed E-state index contributed by atoms with van der Waals surface area (Å²) in [6.45, 7) is 4.44. The van der Waals surface area contributed by atoms with Gasteiger partial charge in [0.1, 0.15) is 5.75 Å². The zero-order valence-electron chi connectivity index (χ0n) is 15.8. The summed E-state index contributed by atoms with van der Waals surface area (Å²) in [7, 11) is -3.66. The summed E-state index contributed by atoms with van der Waals surface area (Å²) in [5.74, 6) is 0.376. The van der Waals surface area contributed by atoms with E-state index in [9.17, 15) is 13.2 Å². The van der Waals surface area contributed by atoms with Gasteiger partial charge in [0.2, 0.25) is 15.9 Å². The Kier molecular flexibility index (Phi) is 7.22. The second kappa shape index (κ2) is 9.20. The number of hydrogen-bond donors (Lipinski definition) is 1. The number of carbonyl (C=O) groups is 1. The van der Waals surface area contributed by atoms with Crippen LogP contribution in [0.2, 0.25) is 0 Å². The molecule has 0 aromatic heterocycles. The van der Waals surface area contributed by atoms with Crippen molar-refractivity contribution in [3.63, 3.8) is 0 Å². The summed E-state index contributed by atoms with van der Waals surface area (Å²) in [5.41, 5.74) is 1.06. The molecular formula is C19H27N3O4S. The number of ether oxygens (including phenoxy) is 1. The number of nitrogens with zero attached hydrogens (tertiary/aromatic N) is 2. The van der Waals surface area contributed by atoms with Crippen molar-refractivity contribution in [3.8, 4) is 11.8 Å². The number of aryl methyl sites for hydroxylation is 1. The minimum atomic E-state index is -3.66. The molecule has 0 spiro atoms. The number of carbonyl (C=O) groups excluding carboxylic acids is 1. The van der Waals surface area contributed by atoms with E-state index in [1.807, 2.05) is 24.3 Å². The molecule has 1 heterocycles. The van der Waals surface area contributed by atoms with Crippen LogP contribution in [0.4, 0.5) is 0 Å². The van der Waals surface area contributed by atoms with Gasteiger partial charge in [-0.2, -0.15) is 5.26 Å². The normalized spacial score (nSPS) is 21.3. The molecule has 0 saturated carbocycles. The molecule has 0 radical (unpaired) electrons. The third-order valence-electron chi connectivity index (χ3n) is 5.27. The molecular weight excluding hydrogens is 366 g/mol. The quantitative estimate of drug-likeness (QED) is 0.757. The summed E-state index contributed by atoms with van der Waals surface area (Å²) in [6.07, 6.45) is 1.75. The zero-order chi connectivity index (χ0) is 20.0. The number of rotatable bonds is 7. The Balaban J connectivity index is 2.06. The molecule has 1 amide bonds. The average molecular weight is 394 g/mol. The summed E-state index contributed by atoms with van der Waals surface area (Å²) in [4.78, 5) is 13.5. The number of nitriles is 1. The molecule has 3 atom stereocenters. The first-order chi connectivity index (χ1) is 12.7. The SMILES string of the molecule is CC(=O)N1CC[C@@H](C(C)S(N)(=O)=O)[C@H](COc2ccc(CCC#N)cc2)C1. The Morgan fingerprint density at radius 3 is 2.63 bits per heavy atom. The molecule has 1 unspecified atom stereocenters. The number of primary sulfonamides is 1. The van der Waals surface area contributed by atoms with Crippen molar-refractivity contribution in [3.05, 3.63) is 29.8 Å². The number of benzene rings is 1. The molecule has 148 valence electrons. The lowest BCUT2D eigenvalue weighted by atomic mass is 9.83. The van der Waals surface area contributed by atoms with Crippen LogP contribution < -0.4 is 9.88 Å². The van der Waals surface area contributed by atoms with Crippen molar-refractivity contribution in [1.82, 2.24) is 4.90 Å². The third-order valence-corrected chi connectivity index (χ3v) is 6.66. The lowest BCUT2D eigenvalue weighted by Gasteiger charge is -2.40. The maximum atomic E-state index is 11.8. The van der Waals surface area contributed by atoms with Crippen LogP contribution in [0.25, 0.3) is 0 Å². The lowest BCUT2D eigenvalue weighted by Crippen LogP contribution is -2.50. The third kappa shape index (κ3) is 5.94. The first-order valence-corrected chi connectivity index (χ1v) is 10.7. The molecule has 1 fully saturated rings. The highest BCUT2D eigenvalue weighted by atomic mass is 32.2. The topological polar surface area (TPSA) is 113 Å². The van der Waals surface area contributed by atoms with Gasteiger partial charge in [-0.1, -0.05) is 12.1 Å². The highest BCUT2D eigenvalue weighted by molar-refractivity contribution is 7.89. The van der Waals surface area contributed by atoms with Crippen LogP contribution >= 0.6 is 0 Å². The molecule has 1 aromatic carbocycles. The van der Waals surface area contributed by atoms with E-state index >= 15 is 0 Å². The van der Waals surface area contributed by atoms with Crippen LogP contribution in [0.3, 0.4) is 0 Å². The predicted octanol–water partition coefficient (Wildman–Crippen LogP) is 1.68. The van der Waals surface area contributed by atoms with E-state index in [1.165, 1.54) is 6.92 Å². The number of nitrogens with two attached hydrogens (primary N) is 1. The fourth-order valence-corrected chi connectivity index (χ4v) is 4.38. The number of sulfonamides is 1. The van der Waals surface area contributed by atoms with E-state index in [2.05, 4.69) is 6.07 Å². The monoisotopic (exact) mass is 393 g/mol. The Hall–Kier alpha value is -2.11. The molecule has 27 heavy (non-hydrogen) atoms. The smallest absolute Gasteiger partial charge is 0.219 e. The summed E-state index contributed by atoms with van der Waals surface area (Å²) in [6, 6.07) is 9.64. The lowest BCUT2D eigenvalue weighted by molar-refractivity contribution is -0.131. The van der Waals surface area contributed by atoms with Crippen LogP contribution in [0.5, 0.6) is 5.75 Å². The maximum Gasteiger partial charge on any atom is 0.219 e. The van der Waals surface area contributed by atoms with Crippen LogP contribution in [0.1, 0.15) is 32.3 Å². The van der Waals surface area contributed by atoms with Gasteiger partial charge < -0.3 is 9.64 Å². The maximum absolute atomic E-state index is 11.8. The fraction of sp³-hybridized carbons (Fsp3) is 0.579. The Labute approximate surface area is 161 Å². The van der Waals surface area contributed by atoms with E-state index in [0.717, 1.165) is 5.56 Å². The second-order valence-corrected chi connectivity index (χ2v) is 9.01. The van der Waals surface area contributed by atoms with Crippen molar-refractivity contribution in [1.29, 1.82) is 5.26 Å². The van der Waals surface area contributed by atoms with Gasteiger partial charge in [0.05, 0.1) is 17.9 Å².